The largest absolute Gasteiger partial charge is 0.393 e. The van der Waals surface area contributed by atoms with Crippen molar-refractivity contribution in [1.82, 2.24) is 9.97 Å². The molecule has 0 atom stereocenters. The Balaban J connectivity index is 1.85. The summed E-state index contributed by atoms with van der Waals surface area (Å²) in [4.78, 5) is 8.49. The van der Waals surface area contributed by atoms with Gasteiger partial charge in [-0.3, -0.25) is 0 Å². The molecule has 0 aliphatic rings. The Morgan fingerprint density at radius 2 is 1.68 bits per heavy atom. The summed E-state index contributed by atoms with van der Waals surface area (Å²) < 4.78 is 0. The molecule has 0 amide bonds. The van der Waals surface area contributed by atoms with Crippen LogP contribution in [0.3, 0.4) is 0 Å². The monoisotopic (exact) mass is 353 g/mol. The fraction of sp³-hybridized carbons (Fsp3) is 0.158. The van der Waals surface area contributed by atoms with Crippen LogP contribution in [0.2, 0.25) is 5.02 Å². The topological polar surface area (TPSA) is 75.9 Å². The van der Waals surface area contributed by atoms with Crippen LogP contribution in [0.15, 0.2) is 48.8 Å². The molecule has 1 aromatic heterocycles. The number of anilines is 5. The van der Waals surface area contributed by atoms with Crippen LogP contribution in [-0.4, -0.2) is 9.97 Å². The van der Waals surface area contributed by atoms with E-state index < -0.39 is 0 Å². The van der Waals surface area contributed by atoms with E-state index >= 15 is 0 Å². The van der Waals surface area contributed by atoms with E-state index in [2.05, 4.69) is 39.7 Å². The van der Waals surface area contributed by atoms with E-state index in [-0.39, 0.29) is 0 Å². The SMILES string of the molecule is CCc1ccc(Nc2ncnc(Nc3cccc(Cl)c3C)c2N)cc1. The van der Waals surface area contributed by atoms with Crippen molar-refractivity contribution >= 4 is 40.3 Å². The van der Waals surface area contributed by atoms with E-state index in [0.29, 0.717) is 22.3 Å². The molecular formula is C19H20ClN5. The third-order valence-electron chi connectivity index (χ3n) is 4.03. The van der Waals surface area contributed by atoms with Gasteiger partial charge in [0.25, 0.3) is 0 Å². The van der Waals surface area contributed by atoms with Gasteiger partial charge in [0.05, 0.1) is 0 Å². The molecule has 0 bridgehead atoms. The molecule has 5 nitrogen and oxygen atoms in total. The van der Waals surface area contributed by atoms with Crippen molar-refractivity contribution in [2.24, 2.45) is 0 Å². The number of aryl methyl sites for hydroxylation is 1. The van der Waals surface area contributed by atoms with Crippen LogP contribution in [-0.2, 0) is 6.42 Å². The number of hydrogen-bond acceptors (Lipinski definition) is 5. The minimum atomic E-state index is 0.446. The first kappa shape index (κ1) is 17.0. The van der Waals surface area contributed by atoms with Gasteiger partial charge in [0.2, 0.25) is 0 Å². The zero-order chi connectivity index (χ0) is 17.8. The highest BCUT2D eigenvalue weighted by Crippen LogP contribution is 2.31. The lowest BCUT2D eigenvalue weighted by atomic mass is 10.1. The second-order valence-corrected chi connectivity index (χ2v) is 6.10. The van der Waals surface area contributed by atoms with Gasteiger partial charge in [-0.15, -0.1) is 0 Å². The van der Waals surface area contributed by atoms with E-state index in [1.165, 1.54) is 11.9 Å². The highest BCUT2D eigenvalue weighted by molar-refractivity contribution is 6.31. The van der Waals surface area contributed by atoms with Gasteiger partial charge >= 0.3 is 0 Å². The Morgan fingerprint density at radius 3 is 2.36 bits per heavy atom. The molecule has 3 rings (SSSR count). The highest BCUT2D eigenvalue weighted by atomic mass is 35.5. The molecule has 0 saturated carbocycles. The molecule has 2 aromatic carbocycles. The number of rotatable bonds is 5. The lowest BCUT2D eigenvalue weighted by Gasteiger charge is -2.14. The molecule has 3 aromatic rings. The van der Waals surface area contributed by atoms with Crippen LogP contribution in [0, 0.1) is 6.92 Å². The van der Waals surface area contributed by atoms with E-state index in [4.69, 9.17) is 17.3 Å². The third-order valence-corrected chi connectivity index (χ3v) is 4.44. The van der Waals surface area contributed by atoms with Crippen molar-refractivity contribution in [2.45, 2.75) is 20.3 Å². The minimum Gasteiger partial charge on any atom is -0.393 e. The van der Waals surface area contributed by atoms with Crippen molar-refractivity contribution in [2.75, 3.05) is 16.4 Å². The molecule has 0 fully saturated rings. The lowest BCUT2D eigenvalue weighted by Crippen LogP contribution is -2.05. The molecule has 128 valence electrons. The number of nitrogens with one attached hydrogen (secondary N) is 2. The van der Waals surface area contributed by atoms with Crippen LogP contribution in [0.5, 0.6) is 0 Å². The Morgan fingerprint density at radius 1 is 1.00 bits per heavy atom. The van der Waals surface area contributed by atoms with Gasteiger partial charge in [-0.2, -0.15) is 0 Å². The number of aromatic nitrogens is 2. The van der Waals surface area contributed by atoms with Crippen molar-refractivity contribution in [3.05, 3.63) is 64.9 Å². The van der Waals surface area contributed by atoms with E-state index in [9.17, 15) is 0 Å². The third kappa shape index (κ3) is 3.83. The Labute approximate surface area is 152 Å². The van der Waals surface area contributed by atoms with Crippen LogP contribution in [0.4, 0.5) is 28.7 Å². The van der Waals surface area contributed by atoms with Crippen molar-refractivity contribution in [3.63, 3.8) is 0 Å². The van der Waals surface area contributed by atoms with Crippen LogP contribution in [0.25, 0.3) is 0 Å². The van der Waals surface area contributed by atoms with Gasteiger partial charge in [0, 0.05) is 16.4 Å². The predicted octanol–water partition coefficient (Wildman–Crippen LogP) is 5.07. The fourth-order valence-corrected chi connectivity index (χ4v) is 2.60. The zero-order valence-electron chi connectivity index (χ0n) is 14.2. The summed E-state index contributed by atoms with van der Waals surface area (Å²) in [6.45, 7) is 4.07. The number of nitrogens with two attached hydrogens (primary N) is 1. The fourth-order valence-electron chi connectivity index (χ4n) is 2.43. The minimum absolute atomic E-state index is 0.446. The van der Waals surface area contributed by atoms with Gasteiger partial charge < -0.3 is 16.4 Å². The van der Waals surface area contributed by atoms with Crippen LogP contribution >= 0.6 is 11.6 Å². The van der Waals surface area contributed by atoms with E-state index in [1.54, 1.807) is 0 Å². The first-order valence-corrected chi connectivity index (χ1v) is 8.45. The normalized spacial score (nSPS) is 10.5. The molecule has 25 heavy (non-hydrogen) atoms. The number of benzene rings is 2. The first-order chi connectivity index (χ1) is 12.1. The van der Waals surface area contributed by atoms with Crippen LogP contribution in [0.1, 0.15) is 18.1 Å². The summed E-state index contributed by atoms with van der Waals surface area (Å²) in [5, 5.41) is 7.15. The second kappa shape index (κ2) is 7.40. The lowest BCUT2D eigenvalue weighted by molar-refractivity contribution is 1.14. The summed E-state index contributed by atoms with van der Waals surface area (Å²) in [5.74, 6) is 1.09. The van der Waals surface area contributed by atoms with Crippen molar-refractivity contribution in [3.8, 4) is 0 Å². The summed E-state index contributed by atoms with van der Waals surface area (Å²) in [6, 6.07) is 13.8. The standard InChI is InChI=1S/C19H20ClN5/c1-3-13-7-9-14(10-8-13)24-18-17(21)19(23-11-22-18)25-16-6-4-5-15(20)12(16)2/h4-11H,3,21H2,1-2H3,(H2,22,23,24,25). The maximum atomic E-state index is 6.24. The molecular weight excluding hydrogens is 334 g/mol. The van der Waals surface area contributed by atoms with Crippen molar-refractivity contribution in [1.29, 1.82) is 0 Å². The molecule has 6 heteroatoms. The van der Waals surface area contributed by atoms with Gasteiger partial charge in [-0.25, -0.2) is 9.97 Å². The van der Waals surface area contributed by atoms with E-state index in [1.807, 2.05) is 37.3 Å². The summed E-state index contributed by atoms with van der Waals surface area (Å²) >= 11 is 6.17. The molecule has 0 spiro atoms. The Hall–Kier alpha value is -2.79. The summed E-state index contributed by atoms with van der Waals surface area (Å²) in [6.07, 6.45) is 2.48. The number of nitrogens with zero attached hydrogens (tertiary/aromatic N) is 2. The molecule has 0 aliphatic carbocycles. The predicted molar refractivity (Wildman–Crippen MR) is 105 cm³/mol. The van der Waals surface area contributed by atoms with Gasteiger partial charge in [0.1, 0.15) is 12.0 Å². The summed E-state index contributed by atoms with van der Waals surface area (Å²) in [7, 11) is 0. The number of halogens is 1. The van der Waals surface area contributed by atoms with E-state index in [0.717, 1.165) is 23.4 Å². The molecule has 4 N–H and O–H groups in total. The maximum absolute atomic E-state index is 6.24. The smallest absolute Gasteiger partial charge is 0.159 e. The van der Waals surface area contributed by atoms with Crippen molar-refractivity contribution < 1.29 is 0 Å². The second-order valence-electron chi connectivity index (χ2n) is 5.70. The van der Waals surface area contributed by atoms with Gasteiger partial charge in [-0.05, 0) is 48.7 Å². The Kier molecular flexibility index (Phi) is 5.05. The van der Waals surface area contributed by atoms with Gasteiger partial charge in [-0.1, -0.05) is 36.7 Å². The molecule has 1 heterocycles. The average Bonchev–Trinajstić information content (AvgIpc) is 2.63. The zero-order valence-corrected chi connectivity index (χ0v) is 14.9. The molecule has 0 radical (unpaired) electrons. The quantitative estimate of drug-likeness (QED) is 0.597. The Bertz CT molecular complexity index is 877. The first-order valence-electron chi connectivity index (χ1n) is 8.07. The molecule has 0 unspecified atom stereocenters. The van der Waals surface area contributed by atoms with Crippen LogP contribution < -0.4 is 16.4 Å². The molecule has 0 aliphatic heterocycles. The summed E-state index contributed by atoms with van der Waals surface area (Å²) in [5.41, 5.74) is 10.7. The average molecular weight is 354 g/mol. The number of hydrogen-bond donors (Lipinski definition) is 3. The van der Waals surface area contributed by atoms with Gasteiger partial charge in [0.15, 0.2) is 11.6 Å². The molecule has 0 saturated heterocycles. The highest BCUT2D eigenvalue weighted by Gasteiger charge is 2.10. The maximum Gasteiger partial charge on any atom is 0.159 e. The number of nitrogen functional groups attached to an aromatic ring is 1.